The molecule has 1 heterocycles. The molecule has 1 aliphatic heterocycles. The van der Waals surface area contributed by atoms with Crippen molar-refractivity contribution in [2.24, 2.45) is 0 Å². The van der Waals surface area contributed by atoms with Gasteiger partial charge in [0.05, 0.1) is 33.0 Å². The van der Waals surface area contributed by atoms with Crippen LogP contribution in [0.4, 0.5) is 0 Å². The van der Waals surface area contributed by atoms with Gasteiger partial charge in [0.1, 0.15) is 0 Å². The van der Waals surface area contributed by atoms with Crippen LogP contribution < -0.4 is 9.47 Å². The van der Waals surface area contributed by atoms with Gasteiger partial charge < -0.3 is 23.7 Å². The molecule has 6 heteroatoms. The Morgan fingerprint density at radius 2 is 1.40 bits per heavy atom. The molecule has 1 aliphatic rings. The summed E-state index contributed by atoms with van der Waals surface area (Å²) in [5.74, 6) is 1.66. The number of unbranched alkanes of at least 4 members (excludes halogenated alkanes) is 1. The topological polar surface area (TPSA) is 46.2 Å². The van der Waals surface area contributed by atoms with Crippen LogP contribution in [0.25, 0.3) is 0 Å². The molecule has 0 N–H and O–H groups in total. The molecule has 0 saturated carbocycles. The van der Waals surface area contributed by atoms with Crippen LogP contribution in [0.1, 0.15) is 44.2 Å². The van der Waals surface area contributed by atoms with Gasteiger partial charge >= 0.3 is 0 Å². The third-order valence-corrected chi connectivity index (χ3v) is 3.86. The number of hydrogen-bond donors (Lipinski definition) is 0. The van der Waals surface area contributed by atoms with Gasteiger partial charge in [-0.05, 0) is 36.1 Å². The number of rotatable bonds is 13. The summed E-state index contributed by atoms with van der Waals surface area (Å²) in [6, 6.07) is 4.12. The van der Waals surface area contributed by atoms with Gasteiger partial charge in [0.25, 0.3) is 0 Å². The van der Waals surface area contributed by atoms with E-state index in [9.17, 15) is 0 Å². The van der Waals surface area contributed by atoms with Gasteiger partial charge in [0.15, 0.2) is 11.5 Å². The maximum atomic E-state index is 5.75. The Kier molecular flexibility index (Phi) is 12.0. The van der Waals surface area contributed by atoms with Crippen LogP contribution in [0, 0.1) is 0 Å². The number of hydrogen-bond acceptors (Lipinski definition) is 5. The van der Waals surface area contributed by atoms with Crippen molar-refractivity contribution in [2.75, 3.05) is 39.8 Å². The predicted octanol–water partition coefficient (Wildman–Crippen LogP) is 3.72. The van der Waals surface area contributed by atoms with Gasteiger partial charge in [0, 0.05) is 23.7 Å². The molecule has 0 unspecified atom stereocenters. The van der Waals surface area contributed by atoms with Gasteiger partial charge in [-0.3, -0.25) is 0 Å². The van der Waals surface area contributed by atoms with Gasteiger partial charge in [-0.2, -0.15) is 0 Å². The first kappa shape index (κ1) is 22.3. The van der Waals surface area contributed by atoms with Gasteiger partial charge in [-0.25, -0.2) is 0 Å². The van der Waals surface area contributed by atoms with E-state index in [1.807, 2.05) is 6.07 Å². The molecule has 0 spiro atoms. The van der Waals surface area contributed by atoms with Crippen molar-refractivity contribution < 1.29 is 40.8 Å². The van der Waals surface area contributed by atoms with Crippen molar-refractivity contribution >= 4 is 0 Å². The largest absolute Gasteiger partial charge is 0.454 e. The van der Waals surface area contributed by atoms with Crippen molar-refractivity contribution in [1.82, 2.24) is 0 Å². The van der Waals surface area contributed by atoms with Crippen LogP contribution in [-0.4, -0.2) is 39.8 Å². The van der Waals surface area contributed by atoms with Crippen LogP contribution in [0.15, 0.2) is 12.1 Å². The zero-order valence-corrected chi connectivity index (χ0v) is 16.5. The number of ether oxygens (including phenoxy) is 5. The van der Waals surface area contributed by atoms with Crippen molar-refractivity contribution in [2.45, 2.75) is 46.1 Å². The number of benzene rings is 1. The zero-order valence-electron chi connectivity index (χ0n) is 15.4. The summed E-state index contributed by atoms with van der Waals surface area (Å²) < 4.78 is 27.6. The SMILES string of the molecule is CCCCOCCOCCOCc1cc2c(cc1CCC)OCO2.[Mn]. The molecule has 0 aliphatic carbocycles. The van der Waals surface area contributed by atoms with Gasteiger partial charge in [-0.15, -0.1) is 0 Å². The Labute approximate surface area is 161 Å². The van der Waals surface area contributed by atoms with Crippen molar-refractivity contribution in [3.05, 3.63) is 23.3 Å². The van der Waals surface area contributed by atoms with Crippen molar-refractivity contribution in [3.8, 4) is 11.5 Å². The molecular formula is C19H30MnO5. The maximum absolute atomic E-state index is 5.75. The first-order valence-corrected chi connectivity index (χ1v) is 8.99. The molecule has 0 bridgehead atoms. The van der Waals surface area contributed by atoms with E-state index in [1.54, 1.807) is 0 Å². The summed E-state index contributed by atoms with van der Waals surface area (Å²) in [6.45, 7) is 8.47. The smallest absolute Gasteiger partial charge is 0.231 e. The number of fused-ring (bicyclic) bond motifs is 1. The normalized spacial score (nSPS) is 12.2. The Morgan fingerprint density at radius 1 is 0.800 bits per heavy atom. The molecule has 0 saturated heterocycles. The standard InChI is InChI=1S/C19H30O5.Mn/c1-3-5-7-20-8-9-21-10-11-22-14-17-13-19-18(23-15-24-19)12-16(17)6-4-2;/h12-13H,3-11,14-15H2,1-2H3;. The summed E-state index contributed by atoms with van der Waals surface area (Å²) in [4.78, 5) is 0. The average Bonchev–Trinajstić information content (AvgIpc) is 3.04. The summed E-state index contributed by atoms with van der Waals surface area (Å²) in [5.41, 5.74) is 2.44. The van der Waals surface area contributed by atoms with E-state index in [-0.39, 0.29) is 17.1 Å². The predicted molar refractivity (Wildman–Crippen MR) is 92.8 cm³/mol. The van der Waals surface area contributed by atoms with E-state index in [1.165, 1.54) is 11.1 Å². The van der Waals surface area contributed by atoms with E-state index in [0.29, 0.717) is 39.8 Å². The van der Waals surface area contributed by atoms with Crippen molar-refractivity contribution in [1.29, 1.82) is 0 Å². The maximum Gasteiger partial charge on any atom is 0.231 e. The van der Waals surface area contributed by atoms with Crippen LogP contribution in [0.3, 0.4) is 0 Å². The van der Waals surface area contributed by atoms with E-state index < -0.39 is 0 Å². The summed E-state index contributed by atoms with van der Waals surface area (Å²) >= 11 is 0. The molecule has 143 valence electrons. The third kappa shape index (κ3) is 7.97. The Bertz CT molecular complexity index is 481. The minimum atomic E-state index is 0. The van der Waals surface area contributed by atoms with Crippen LogP contribution in [0.5, 0.6) is 11.5 Å². The van der Waals surface area contributed by atoms with Crippen molar-refractivity contribution in [3.63, 3.8) is 0 Å². The fourth-order valence-corrected chi connectivity index (χ4v) is 2.53. The molecule has 1 aromatic rings. The van der Waals surface area contributed by atoms with E-state index in [2.05, 4.69) is 19.9 Å². The fraction of sp³-hybridized carbons (Fsp3) is 0.684. The Hall–Kier alpha value is -0.781. The average molecular weight is 393 g/mol. The summed E-state index contributed by atoms with van der Waals surface area (Å²) in [7, 11) is 0. The minimum absolute atomic E-state index is 0. The first-order valence-electron chi connectivity index (χ1n) is 8.99. The Balaban J connectivity index is 0.00000312. The summed E-state index contributed by atoms with van der Waals surface area (Å²) in [5, 5.41) is 0. The van der Waals surface area contributed by atoms with E-state index in [0.717, 1.165) is 43.8 Å². The second kappa shape index (κ2) is 13.4. The second-order valence-electron chi connectivity index (χ2n) is 5.86. The first-order chi connectivity index (χ1) is 11.8. The fourth-order valence-electron chi connectivity index (χ4n) is 2.53. The van der Waals surface area contributed by atoms with Gasteiger partial charge in [-0.1, -0.05) is 26.7 Å². The molecule has 1 radical (unpaired) electrons. The van der Waals surface area contributed by atoms with Crippen LogP contribution >= 0.6 is 0 Å². The quantitative estimate of drug-likeness (QED) is 0.378. The zero-order chi connectivity index (χ0) is 17.0. The molecule has 0 atom stereocenters. The molecule has 25 heavy (non-hydrogen) atoms. The molecule has 0 amide bonds. The second-order valence-corrected chi connectivity index (χ2v) is 5.86. The molecule has 5 nitrogen and oxygen atoms in total. The van der Waals surface area contributed by atoms with Crippen LogP contribution in [0.2, 0.25) is 0 Å². The molecular weight excluding hydrogens is 363 g/mol. The third-order valence-electron chi connectivity index (χ3n) is 3.86. The minimum Gasteiger partial charge on any atom is -0.454 e. The Morgan fingerprint density at radius 3 is 2.04 bits per heavy atom. The summed E-state index contributed by atoms with van der Waals surface area (Å²) in [6.07, 6.45) is 4.38. The molecule has 0 fully saturated rings. The van der Waals surface area contributed by atoms with Gasteiger partial charge in [0.2, 0.25) is 6.79 Å². The molecule has 2 rings (SSSR count). The number of aryl methyl sites for hydroxylation is 1. The molecule has 0 aromatic heterocycles. The van der Waals surface area contributed by atoms with Crippen LogP contribution in [-0.2, 0) is 44.3 Å². The van der Waals surface area contributed by atoms with E-state index in [4.69, 9.17) is 23.7 Å². The monoisotopic (exact) mass is 393 g/mol. The molecule has 1 aromatic carbocycles. The van der Waals surface area contributed by atoms with E-state index >= 15 is 0 Å².